The Morgan fingerprint density at radius 1 is 0.944 bits per heavy atom. The highest BCUT2D eigenvalue weighted by Gasteiger charge is 2.30. The highest BCUT2D eigenvalue weighted by Crippen LogP contribution is 2.25. The number of nitrogens with zero attached hydrogens (tertiary/aromatic N) is 1. The largest absolute Gasteiger partial charge is 0.352 e. The van der Waals surface area contributed by atoms with E-state index >= 15 is 0 Å². The number of carbonyl (C=O) groups excluding carboxylic acids is 2. The van der Waals surface area contributed by atoms with Crippen LogP contribution < -0.4 is 5.32 Å². The van der Waals surface area contributed by atoms with E-state index in [1.165, 1.54) is 11.8 Å². The Morgan fingerprint density at radius 2 is 1.58 bits per heavy atom. The van der Waals surface area contributed by atoms with Gasteiger partial charge < -0.3 is 10.2 Å². The Kier molecular flexibility index (Phi) is 11.2. The zero-order valence-electron chi connectivity index (χ0n) is 20.6. The number of nitrogens with one attached hydrogen (secondary N) is 1. The van der Waals surface area contributed by atoms with Crippen LogP contribution in [0.25, 0.3) is 0 Å². The van der Waals surface area contributed by atoms with Crippen molar-refractivity contribution in [3.8, 4) is 0 Å². The van der Waals surface area contributed by atoms with Gasteiger partial charge in [-0.05, 0) is 42.2 Å². The first-order chi connectivity index (χ1) is 17.4. The third-order valence-corrected chi connectivity index (χ3v) is 7.52. The molecule has 0 radical (unpaired) electrons. The van der Waals surface area contributed by atoms with E-state index in [1.54, 1.807) is 17.0 Å². The maximum Gasteiger partial charge on any atom is 0.243 e. The lowest BCUT2D eigenvalue weighted by atomic mass is 10.0. The molecule has 190 valence electrons. The van der Waals surface area contributed by atoms with Gasteiger partial charge in [-0.15, -0.1) is 11.8 Å². The molecule has 0 aliphatic carbocycles. The van der Waals surface area contributed by atoms with Gasteiger partial charge in [0, 0.05) is 34.8 Å². The summed E-state index contributed by atoms with van der Waals surface area (Å²) in [4.78, 5) is 28.8. The number of hydrogen-bond acceptors (Lipinski definition) is 3. The van der Waals surface area contributed by atoms with Crippen molar-refractivity contribution in [1.82, 2.24) is 10.2 Å². The van der Waals surface area contributed by atoms with Crippen LogP contribution in [-0.2, 0) is 28.3 Å². The molecule has 2 atom stereocenters. The molecule has 3 aromatic carbocycles. The zero-order chi connectivity index (χ0) is 25.9. The Labute approximate surface area is 228 Å². The standard InChI is InChI=1S/C29H32Cl2N2O2S/c1-3-21(2)32-29(35)27(16-22-10-6-4-7-11-22)33(18-23-12-8-5-9-13-23)28(34)20-36-19-24-14-15-25(30)17-26(24)31/h4-15,17,21,27H,3,16,18-20H2,1-2H3,(H,32,35)/t21-,27-/m1/s1. The van der Waals surface area contributed by atoms with E-state index in [1.807, 2.05) is 80.6 Å². The van der Waals surface area contributed by atoms with Gasteiger partial charge >= 0.3 is 0 Å². The van der Waals surface area contributed by atoms with Gasteiger partial charge in [0.25, 0.3) is 0 Å². The number of carbonyl (C=O) groups is 2. The van der Waals surface area contributed by atoms with E-state index in [4.69, 9.17) is 23.2 Å². The molecule has 3 aromatic rings. The summed E-state index contributed by atoms with van der Waals surface area (Å²) < 4.78 is 0. The van der Waals surface area contributed by atoms with Crippen molar-refractivity contribution in [2.24, 2.45) is 0 Å². The summed E-state index contributed by atoms with van der Waals surface area (Å²) in [7, 11) is 0. The Hall–Kier alpha value is -2.47. The van der Waals surface area contributed by atoms with Gasteiger partial charge in [-0.2, -0.15) is 0 Å². The number of halogens is 2. The van der Waals surface area contributed by atoms with Crippen molar-refractivity contribution in [3.05, 3.63) is 106 Å². The Morgan fingerprint density at radius 3 is 2.19 bits per heavy atom. The average molecular weight is 544 g/mol. The summed E-state index contributed by atoms with van der Waals surface area (Å²) in [5.74, 6) is 0.578. The van der Waals surface area contributed by atoms with Crippen molar-refractivity contribution in [3.63, 3.8) is 0 Å². The van der Waals surface area contributed by atoms with Crippen LogP contribution in [0.3, 0.4) is 0 Å². The van der Waals surface area contributed by atoms with Crippen molar-refractivity contribution < 1.29 is 9.59 Å². The summed E-state index contributed by atoms with van der Waals surface area (Å²) in [5.41, 5.74) is 2.91. The number of rotatable bonds is 12. The van der Waals surface area contributed by atoms with Crippen LogP contribution in [0, 0.1) is 0 Å². The van der Waals surface area contributed by atoms with Crippen LogP contribution in [-0.4, -0.2) is 34.6 Å². The van der Waals surface area contributed by atoms with Crippen molar-refractivity contribution >= 4 is 46.8 Å². The molecule has 7 heteroatoms. The lowest BCUT2D eigenvalue weighted by molar-refractivity contribution is -0.139. The molecular weight excluding hydrogens is 511 g/mol. The molecule has 0 spiro atoms. The molecule has 0 saturated carbocycles. The lowest BCUT2D eigenvalue weighted by Crippen LogP contribution is -2.52. The third kappa shape index (κ3) is 8.58. The monoisotopic (exact) mass is 542 g/mol. The number of benzene rings is 3. The molecule has 4 nitrogen and oxygen atoms in total. The fourth-order valence-electron chi connectivity index (χ4n) is 3.75. The second kappa shape index (κ2) is 14.3. The molecule has 36 heavy (non-hydrogen) atoms. The van der Waals surface area contributed by atoms with Crippen LogP contribution in [0.2, 0.25) is 10.0 Å². The van der Waals surface area contributed by atoms with Crippen molar-refractivity contribution in [2.45, 2.75) is 51.1 Å². The van der Waals surface area contributed by atoms with E-state index in [9.17, 15) is 9.59 Å². The zero-order valence-corrected chi connectivity index (χ0v) is 23.0. The van der Waals surface area contributed by atoms with E-state index in [-0.39, 0.29) is 23.6 Å². The molecule has 0 fully saturated rings. The molecule has 3 rings (SSSR count). The maximum absolute atomic E-state index is 13.6. The fraction of sp³-hybridized carbons (Fsp3) is 0.310. The van der Waals surface area contributed by atoms with Crippen LogP contribution in [0.15, 0.2) is 78.9 Å². The molecular formula is C29H32Cl2N2O2S. The molecule has 0 aliphatic rings. The van der Waals surface area contributed by atoms with Crippen LogP contribution in [0.4, 0.5) is 0 Å². The molecule has 0 bridgehead atoms. The Balaban J connectivity index is 1.83. The minimum Gasteiger partial charge on any atom is -0.352 e. The maximum atomic E-state index is 13.6. The van der Waals surface area contributed by atoms with Crippen LogP contribution in [0.5, 0.6) is 0 Å². The van der Waals surface area contributed by atoms with Gasteiger partial charge in [0.2, 0.25) is 11.8 Å². The van der Waals surface area contributed by atoms with Gasteiger partial charge in [-0.3, -0.25) is 9.59 Å². The number of hydrogen-bond donors (Lipinski definition) is 1. The summed E-state index contributed by atoms with van der Waals surface area (Å²) >= 11 is 13.8. The van der Waals surface area contributed by atoms with Gasteiger partial charge in [-0.1, -0.05) is 96.9 Å². The quantitative estimate of drug-likeness (QED) is 0.274. The van der Waals surface area contributed by atoms with E-state index < -0.39 is 6.04 Å². The predicted octanol–water partition coefficient (Wildman–Crippen LogP) is 6.78. The SMILES string of the molecule is CC[C@@H](C)NC(=O)[C@@H](Cc1ccccc1)N(Cc1ccccc1)C(=O)CSCc1ccc(Cl)cc1Cl. The van der Waals surface area contributed by atoms with Crippen molar-refractivity contribution in [2.75, 3.05) is 5.75 Å². The van der Waals surface area contributed by atoms with Crippen LogP contribution in [0.1, 0.15) is 37.0 Å². The molecule has 1 N–H and O–H groups in total. The minimum atomic E-state index is -0.631. The van der Waals surface area contributed by atoms with Gasteiger partial charge in [-0.25, -0.2) is 0 Å². The topological polar surface area (TPSA) is 49.4 Å². The predicted molar refractivity (Wildman–Crippen MR) is 151 cm³/mol. The third-order valence-electron chi connectivity index (χ3n) is 5.97. The molecule has 0 aromatic heterocycles. The van der Waals surface area contributed by atoms with E-state index in [0.717, 1.165) is 23.1 Å². The van der Waals surface area contributed by atoms with E-state index in [0.29, 0.717) is 28.8 Å². The number of amides is 2. The second-order valence-electron chi connectivity index (χ2n) is 8.76. The fourth-order valence-corrected chi connectivity index (χ4v) is 5.21. The van der Waals surface area contributed by atoms with E-state index in [2.05, 4.69) is 5.32 Å². The summed E-state index contributed by atoms with van der Waals surface area (Å²) in [6.45, 7) is 4.36. The minimum absolute atomic E-state index is 0.0193. The van der Waals surface area contributed by atoms with Gasteiger partial charge in [0.05, 0.1) is 5.75 Å². The highest BCUT2D eigenvalue weighted by molar-refractivity contribution is 7.99. The second-order valence-corrected chi connectivity index (χ2v) is 10.6. The summed E-state index contributed by atoms with van der Waals surface area (Å²) in [6, 6.07) is 24.4. The van der Waals surface area contributed by atoms with Gasteiger partial charge in [0.1, 0.15) is 6.04 Å². The average Bonchev–Trinajstić information content (AvgIpc) is 2.88. The smallest absolute Gasteiger partial charge is 0.243 e. The first-order valence-corrected chi connectivity index (χ1v) is 14.0. The van der Waals surface area contributed by atoms with Crippen molar-refractivity contribution in [1.29, 1.82) is 0 Å². The normalized spacial score (nSPS) is 12.6. The molecule has 2 amide bonds. The lowest BCUT2D eigenvalue weighted by Gasteiger charge is -2.32. The van der Waals surface area contributed by atoms with Crippen LogP contribution >= 0.6 is 35.0 Å². The Bertz CT molecular complexity index is 1130. The highest BCUT2D eigenvalue weighted by atomic mass is 35.5. The molecule has 0 aliphatic heterocycles. The molecule has 0 unspecified atom stereocenters. The number of thioether (sulfide) groups is 1. The summed E-state index contributed by atoms with van der Waals surface area (Å²) in [6.07, 6.45) is 1.25. The molecule has 0 heterocycles. The van der Waals surface area contributed by atoms with Gasteiger partial charge in [0.15, 0.2) is 0 Å². The summed E-state index contributed by atoms with van der Waals surface area (Å²) in [5, 5.41) is 4.26. The first kappa shape index (κ1) is 28.1. The molecule has 0 saturated heterocycles. The first-order valence-electron chi connectivity index (χ1n) is 12.1.